The van der Waals surface area contributed by atoms with Crippen LogP contribution in [0, 0.1) is 11.6 Å². The van der Waals surface area contributed by atoms with Crippen LogP contribution < -0.4 is 10.2 Å². The minimum absolute atomic E-state index is 0.0487. The molecule has 1 aliphatic heterocycles. The Morgan fingerprint density at radius 3 is 1.95 bits per heavy atom. The summed E-state index contributed by atoms with van der Waals surface area (Å²) < 4.78 is 27.1. The highest BCUT2D eigenvalue weighted by Gasteiger charge is 2.29. The Labute approximate surface area is 229 Å². The third-order valence-electron chi connectivity index (χ3n) is 7.17. The van der Waals surface area contributed by atoms with Crippen molar-refractivity contribution >= 4 is 23.3 Å². The Morgan fingerprint density at radius 2 is 1.45 bits per heavy atom. The summed E-state index contributed by atoms with van der Waals surface area (Å²) >= 11 is 6.09. The minimum atomic E-state index is -0.260. The van der Waals surface area contributed by atoms with Crippen molar-refractivity contribution in [1.82, 2.24) is 10.2 Å². The number of hydrogen-bond donors (Lipinski definition) is 1. The van der Waals surface area contributed by atoms with Crippen LogP contribution in [0.5, 0.6) is 0 Å². The second-order valence-electron chi connectivity index (χ2n) is 10.3. The van der Waals surface area contributed by atoms with Gasteiger partial charge < -0.3 is 10.2 Å². The number of piperidine rings is 1. The summed E-state index contributed by atoms with van der Waals surface area (Å²) in [6.07, 6.45) is 3.60. The minimum Gasteiger partial charge on any atom is -0.336 e. The predicted molar refractivity (Wildman–Crippen MR) is 151 cm³/mol. The number of hydrogen-bond acceptors (Lipinski definition) is 2. The van der Waals surface area contributed by atoms with Crippen LogP contribution in [-0.2, 0) is 0 Å². The molecule has 3 aromatic rings. The molecule has 2 amide bonds. The van der Waals surface area contributed by atoms with E-state index in [2.05, 4.69) is 10.2 Å². The molecule has 0 aromatic heterocycles. The lowest BCUT2D eigenvalue weighted by Crippen LogP contribution is -2.52. The van der Waals surface area contributed by atoms with Crippen molar-refractivity contribution in [2.75, 3.05) is 24.5 Å². The quantitative estimate of drug-likeness (QED) is 0.303. The molecule has 3 aromatic carbocycles. The van der Waals surface area contributed by atoms with Gasteiger partial charge in [0.2, 0.25) is 0 Å². The van der Waals surface area contributed by atoms with Gasteiger partial charge in [0.1, 0.15) is 11.6 Å². The summed E-state index contributed by atoms with van der Waals surface area (Å²) in [5, 5.41) is 3.69. The van der Waals surface area contributed by atoms with E-state index in [1.54, 1.807) is 0 Å². The molecule has 38 heavy (non-hydrogen) atoms. The summed E-state index contributed by atoms with van der Waals surface area (Å²) in [6.45, 7) is 6.67. The molecule has 0 unspecified atom stereocenters. The van der Waals surface area contributed by atoms with Gasteiger partial charge in [-0.3, -0.25) is 4.90 Å². The van der Waals surface area contributed by atoms with Gasteiger partial charge in [0.15, 0.2) is 0 Å². The largest absolute Gasteiger partial charge is 0.336 e. The van der Waals surface area contributed by atoms with E-state index in [4.69, 9.17) is 11.6 Å². The third-order valence-corrected chi connectivity index (χ3v) is 7.42. The fraction of sp³-hybridized carbons (Fsp3) is 0.387. The number of halogens is 3. The molecule has 1 N–H and O–H groups in total. The number of urea groups is 1. The summed E-state index contributed by atoms with van der Waals surface area (Å²) in [4.78, 5) is 17.4. The smallest absolute Gasteiger partial charge is 0.322 e. The van der Waals surface area contributed by atoms with Crippen molar-refractivity contribution in [3.05, 3.63) is 101 Å². The molecule has 0 bridgehead atoms. The van der Waals surface area contributed by atoms with Crippen LogP contribution in [0.3, 0.4) is 0 Å². The van der Waals surface area contributed by atoms with Crippen LogP contribution in [0.15, 0.2) is 72.8 Å². The SMILES string of the molecule is CC(C)NC(=O)N(c1ccc(Cl)cc1)C1CCN(CCCC(c2ccc(F)cc2)c2ccc(F)cc2)CC1. The van der Waals surface area contributed by atoms with Crippen LogP contribution >= 0.6 is 11.6 Å². The van der Waals surface area contributed by atoms with E-state index in [0.717, 1.165) is 62.1 Å². The summed E-state index contributed by atoms with van der Waals surface area (Å²) in [7, 11) is 0. The zero-order valence-electron chi connectivity index (χ0n) is 22.0. The van der Waals surface area contributed by atoms with Crippen molar-refractivity contribution in [3.8, 4) is 0 Å². The van der Waals surface area contributed by atoms with Gasteiger partial charge in [-0.15, -0.1) is 0 Å². The molecule has 1 aliphatic rings. The highest BCUT2D eigenvalue weighted by molar-refractivity contribution is 6.30. The zero-order chi connectivity index (χ0) is 27.1. The molecule has 1 fully saturated rings. The Hall–Kier alpha value is -2.96. The number of benzene rings is 3. The van der Waals surface area contributed by atoms with Crippen molar-refractivity contribution < 1.29 is 13.6 Å². The molecule has 1 heterocycles. The molecule has 4 nitrogen and oxygen atoms in total. The number of carbonyl (C=O) groups excluding carboxylic acids is 1. The molecular formula is C31H36ClF2N3O. The van der Waals surface area contributed by atoms with Crippen molar-refractivity contribution in [2.45, 2.75) is 57.5 Å². The van der Waals surface area contributed by atoms with Crippen LogP contribution in [0.2, 0.25) is 5.02 Å². The van der Waals surface area contributed by atoms with Crippen LogP contribution in [-0.4, -0.2) is 42.6 Å². The van der Waals surface area contributed by atoms with E-state index in [-0.39, 0.29) is 35.7 Å². The number of anilines is 1. The standard InChI is InChI=1S/C31H36ClF2N3O/c1-22(2)35-31(38)37(28-15-9-25(32)10-16-28)29-17-20-36(21-18-29)19-3-4-30(23-5-11-26(33)12-6-23)24-7-13-27(34)14-8-24/h5-16,22,29-30H,3-4,17-21H2,1-2H3,(H,35,38). The van der Waals surface area contributed by atoms with Crippen LogP contribution in [0.1, 0.15) is 56.6 Å². The molecule has 202 valence electrons. The van der Waals surface area contributed by atoms with Gasteiger partial charge in [-0.05, 0) is 106 Å². The van der Waals surface area contributed by atoms with Gasteiger partial charge >= 0.3 is 6.03 Å². The first-order valence-corrected chi connectivity index (χ1v) is 13.8. The van der Waals surface area contributed by atoms with Gasteiger partial charge in [0.25, 0.3) is 0 Å². The first-order valence-electron chi connectivity index (χ1n) is 13.4. The second kappa shape index (κ2) is 13.2. The molecular weight excluding hydrogens is 504 g/mol. The maximum absolute atomic E-state index is 13.5. The van der Waals surface area contributed by atoms with Crippen molar-refractivity contribution in [3.63, 3.8) is 0 Å². The highest BCUT2D eigenvalue weighted by atomic mass is 35.5. The summed E-state index contributed by atoms with van der Waals surface area (Å²) in [5.74, 6) is -0.442. The first kappa shape index (κ1) is 28.1. The van der Waals surface area contributed by atoms with E-state index in [1.165, 1.54) is 24.3 Å². The fourth-order valence-electron chi connectivity index (χ4n) is 5.25. The zero-order valence-corrected chi connectivity index (χ0v) is 22.8. The maximum Gasteiger partial charge on any atom is 0.322 e. The summed E-state index contributed by atoms with van der Waals surface area (Å²) in [6, 6.07) is 20.7. The second-order valence-corrected chi connectivity index (χ2v) is 10.8. The average Bonchev–Trinajstić information content (AvgIpc) is 2.90. The lowest BCUT2D eigenvalue weighted by molar-refractivity contribution is 0.200. The highest BCUT2D eigenvalue weighted by Crippen LogP contribution is 2.31. The molecule has 7 heteroatoms. The number of carbonyl (C=O) groups is 1. The Morgan fingerprint density at radius 1 is 0.921 bits per heavy atom. The molecule has 4 rings (SSSR count). The predicted octanol–water partition coefficient (Wildman–Crippen LogP) is 7.62. The monoisotopic (exact) mass is 539 g/mol. The molecule has 0 aliphatic carbocycles. The molecule has 0 spiro atoms. The molecule has 0 atom stereocenters. The van der Waals surface area contributed by atoms with Gasteiger partial charge in [0.05, 0.1) is 0 Å². The van der Waals surface area contributed by atoms with E-state index in [9.17, 15) is 13.6 Å². The Kier molecular flexibility index (Phi) is 9.75. The molecule has 0 saturated carbocycles. The summed E-state index contributed by atoms with van der Waals surface area (Å²) in [5.41, 5.74) is 2.92. The fourth-order valence-corrected chi connectivity index (χ4v) is 5.37. The van der Waals surface area contributed by atoms with E-state index >= 15 is 0 Å². The average molecular weight is 540 g/mol. The van der Waals surface area contributed by atoms with E-state index in [1.807, 2.05) is 67.3 Å². The third kappa shape index (κ3) is 7.55. The lowest BCUT2D eigenvalue weighted by Gasteiger charge is -2.39. The van der Waals surface area contributed by atoms with Gasteiger partial charge in [-0.25, -0.2) is 13.6 Å². The van der Waals surface area contributed by atoms with Crippen LogP contribution in [0.25, 0.3) is 0 Å². The number of rotatable bonds is 9. The Bertz CT molecular complexity index is 1120. The lowest BCUT2D eigenvalue weighted by atomic mass is 9.87. The topological polar surface area (TPSA) is 35.6 Å². The molecule has 1 saturated heterocycles. The Balaban J connectivity index is 1.36. The van der Waals surface area contributed by atoms with Crippen molar-refractivity contribution in [1.29, 1.82) is 0 Å². The maximum atomic E-state index is 13.5. The van der Waals surface area contributed by atoms with Gasteiger partial charge in [0, 0.05) is 41.8 Å². The van der Waals surface area contributed by atoms with E-state index in [0.29, 0.717) is 5.02 Å². The van der Waals surface area contributed by atoms with Crippen LogP contribution in [0.4, 0.5) is 19.3 Å². The molecule has 0 radical (unpaired) electrons. The number of nitrogens with one attached hydrogen (secondary N) is 1. The van der Waals surface area contributed by atoms with Crippen molar-refractivity contribution in [2.24, 2.45) is 0 Å². The van der Waals surface area contributed by atoms with E-state index < -0.39 is 0 Å². The normalized spacial score (nSPS) is 14.7. The van der Waals surface area contributed by atoms with Gasteiger partial charge in [-0.2, -0.15) is 0 Å². The number of amides is 2. The number of nitrogens with zero attached hydrogens (tertiary/aromatic N) is 2. The first-order chi connectivity index (χ1) is 18.3. The number of likely N-dealkylation sites (tertiary alicyclic amines) is 1. The van der Waals surface area contributed by atoms with Gasteiger partial charge in [-0.1, -0.05) is 35.9 Å².